The zero-order chi connectivity index (χ0) is 13.9. The number of rotatable bonds is 4. The first kappa shape index (κ1) is 13.1. The van der Waals surface area contributed by atoms with Gasteiger partial charge in [-0.25, -0.2) is 4.79 Å². The molecule has 106 valence electrons. The number of aromatic carboxylic acids is 1. The van der Waals surface area contributed by atoms with Gasteiger partial charge < -0.3 is 19.6 Å². The molecule has 1 aromatic carbocycles. The van der Waals surface area contributed by atoms with Gasteiger partial charge in [-0.1, -0.05) is 6.07 Å². The third-order valence-corrected chi connectivity index (χ3v) is 3.55. The van der Waals surface area contributed by atoms with Gasteiger partial charge in [-0.3, -0.25) is 0 Å². The van der Waals surface area contributed by atoms with E-state index in [1.807, 2.05) is 18.2 Å². The molecule has 1 aromatic heterocycles. The van der Waals surface area contributed by atoms with Crippen molar-refractivity contribution in [3.8, 4) is 0 Å². The number of carbonyl (C=O) groups is 1. The van der Waals surface area contributed by atoms with Crippen LogP contribution in [0.1, 0.15) is 29.0 Å². The topological polar surface area (TPSA) is 71.7 Å². The lowest BCUT2D eigenvalue weighted by molar-refractivity contribution is 0.0665. The summed E-state index contributed by atoms with van der Waals surface area (Å²) in [4.78, 5) is 10.9. The lowest BCUT2D eigenvalue weighted by Gasteiger charge is -2.23. The SMILES string of the molecule is O=C(O)c1cc2cc(CNC3CCCOC3)ccc2o1. The summed E-state index contributed by atoms with van der Waals surface area (Å²) in [6.45, 7) is 2.37. The molecule has 2 aromatic rings. The average Bonchev–Trinajstić information content (AvgIpc) is 2.89. The molecule has 2 N–H and O–H groups in total. The van der Waals surface area contributed by atoms with Crippen molar-refractivity contribution >= 4 is 16.9 Å². The largest absolute Gasteiger partial charge is 0.475 e. The monoisotopic (exact) mass is 275 g/mol. The molecule has 1 aliphatic heterocycles. The summed E-state index contributed by atoms with van der Waals surface area (Å²) >= 11 is 0. The second kappa shape index (κ2) is 5.64. The summed E-state index contributed by atoms with van der Waals surface area (Å²) < 4.78 is 10.7. The van der Waals surface area contributed by atoms with Gasteiger partial charge in [-0.15, -0.1) is 0 Å². The summed E-state index contributed by atoms with van der Waals surface area (Å²) in [6, 6.07) is 7.69. The van der Waals surface area contributed by atoms with Gasteiger partial charge in [-0.05, 0) is 36.6 Å². The highest BCUT2D eigenvalue weighted by atomic mass is 16.5. The van der Waals surface area contributed by atoms with E-state index in [1.165, 1.54) is 0 Å². The van der Waals surface area contributed by atoms with Crippen molar-refractivity contribution < 1.29 is 19.1 Å². The van der Waals surface area contributed by atoms with E-state index < -0.39 is 5.97 Å². The Morgan fingerprint density at radius 1 is 1.40 bits per heavy atom. The highest BCUT2D eigenvalue weighted by Gasteiger charge is 2.14. The molecule has 5 nitrogen and oxygen atoms in total. The van der Waals surface area contributed by atoms with Crippen LogP contribution in [0.25, 0.3) is 11.0 Å². The van der Waals surface area contributed by atoms with Crippen LogP contribution in [0.2, 0.25) is 0 Å². The Labute approximate surface area is 116 Å². The molecule has 1 aliphatic rings. The van der Waals surface area contributed by atoms with Crippen LogP contribution in [-0.2, 0) is 11.3 Å². The molecule has 5 heteroatoms. The summed E-state index contributed by atoms with van der Waals surface area (Å²) in [5.41, 5.74) is 1.72. The molecular formula is C15H17NO4. The predicted molar refractivity (Wildman–Crippen MR) is 73.9 cm³/mol. The second-order valence-corrected chi connectivity index (χ2v) is 5.08. The molecule has 20 heavy (non-hydrogen) atoms. The third kappa shape index (κ3) is 2.84. The Kier molecular flexibility index (Phi) is 3.71. The molecule has 1 unspecified atom stereocenters. The molecule has 0 bridgehead atoms. The molecule has 1 saturated heterocycles. The van der Waals surface area contributed by atoms with Gasteiger partial charge >= 0.3 is 5.97 Å². The first-order valence-corrected chi connectivity index (χ1v) is 6.79. The molecule has 2 heterocycles. The standard InChI is InChI=1S/C15H17NO4/c17-15(18)14-7-11-6-10(3-4-13(11)20-14)8-16-12-2-1-5-19-9-12/h3-4,6-7,12,16H,1-2,5,8-9H2,(H,17,18). The third-order valence-electron chi connectivity index (χ3n) is 3.55. The molecule has 3 rings (SSSR count). The van der Waals surface area contributed by atoms with Crippen molar-refractivity contribution in [2.75, 3.05) is 13.2 Å². The number of furan rings is 1. The maximum absolute atomic E-state index is 10.9. The van der Waals surface area contributed by atoms with Gasteiger partial charge in [0.2, 0.25) is 5.76 Å². The maximum atomic E-state index is 10.9. The summed E-state index contributed by atoms with van der Waals surface area (Å²) in [7, 11) is 0. The predicted octanol–water partition coefficient (Wildman–Crippen LogP) is 2.40. The van der Waals surface area contributed by atoms with Crippen molar-refractivity contribution in [1.82, 2.24) is 5.32 Å². The number of hydrogen-bond donors (Lipinski definition) is 2. The minimum Gasteiger partial charge on any atom is -0.475 e. The average molecular weight is 275 g/mol. The molecule has 0 radical (unpaired) electrons. The Balaban J connectivity index is 1.70. The number of fused-ring (bicyclic) bond motifs is 1. The number of carboxylic acids is 1. The van der Waals surface area contributed by atoms with Crippen LogP contribution in [0.3, 0.4) is 0 Å². The molecule has 0 aliphatic carbocycles. The van der Waals surface area contributed by atoms with E-state index >= 15 is 0 Å². The lowest BCUT2D eigenvalue weighted by Crippen LogP contribution is -2.36. The molecule has 0 amide bonds. The molecule has 0 spiro atoms. The Hall–Kier alpha value is -1.85. The first-order valence-electron chi connectivity index (χ1n) is 6.79. The van der Waals surface area contributed by atoms with Gasteiger partial charge in [-0.2, -0.15) is 0 Å². The maximum Gasteiger partial charge on any atom is 0.371 e. The number of ether oxygens (including phenoxy) is 1. The van der Waals surface area contributed by atoms with Gasteiger partial charge in [0.1, 0.15) is 5.58 Å². The smallest absolute Gasteiger partial charge is 0.371 e. The summed E-state index contributed by atoms with van der Waals surface area (Å²) in [6.07, 6.45) is 2.23. The normalized spacial score (nSPS) is 19.3. The van der Waals surface area contributed by atoms with Crippen LogP contribution in [0.15, 0.2) is 28.7 Å². The van der Waals surface area contributed by atoms with Crippen molar-refractivity contribution in [3.63, 3.8) is 0 Å². The molecule has 0 saturated carbocycles. The minimum absolute atomic E-state index is 0.0224. The van der Waals surface area contributed by atoms with Crippen molar-refractivity contribution in [1.29, 1.82) is 0 Å². The number of hydrogen-bond acceptors (Lipinski definition) is 4. The van der Waals surface area contributed by atoms with Crippen molar-refractivity contribution in [2.24, 2.45) is 0 Å². The van der Waals surface area contributed by atoms with Crippen LogP contribution in [0, 0.1) is 0 Å². The van der Waals surface area contributed by atoms with Gasteiger partial charge in [0.25, 0.3) is 0 Å². The zero-order valence-corrected chi connectivity index (χ0v) is 11.1. The van der Waals surface area contributed by atoms with E-state index in [0.29, 0.717) is 11.6 Å². The van der Waals surface area contributed by atoms with Gasteiger partial charge in [0, 0.05) is 24.6 Å². The van der Waals surface area contributed by atoms with Crippen LogP contribution in [0.4, 0.5) is 0 Å². The molecule has 1 fully saturated rings. The quantitative estimate of drug-likeness (QED) is 0.896. The fraction of sp³-hybridized carbons (Fsp3) is 0.400. The highest BCUT2D eigenvalue weighted by Crippen LogP contribution is 2.21. The first-order chi connectivity index (χ1) is 9.72. The molecular weight excluding hydrogens is 258 g/mol. The Morgan fingerprint density at radius 2 is 2.30 bits per heavy atom. The minimum atomic E-state index is -1.04. The lowest BCUT2D eigenvalue weighted by atomic mass is 10.1. The summed E-state index contributed by atoms with van der Waals surface area (Å²) in [5, 5.41) is 13.2. The Morgan fingerprint density at radius 3 is 3.05 bits per heavy atom. The number of nitrogens with one attached hydrogen (secondary N) is 1. The number of benzene rings is 1. The molecule has 1 atom stereocenters. The number of carboxylic acid groups (broad SMARTS) is 1. The van der Waals surface area contributed by atoms with Crippen molar-refractivity contribution in [3.05, 3.63) is 35.6 Å². The van der Waals surface area contributed by atoms with Gasteiger partial charge in [0.05, 0.1) is 6.61 Å². The van der Waals surface area contributed by atoms with E-state index in [1.54, 1.807) is 6.07 Å². The van der Waals surface area contributed by atoms with E-state index in [0.717, 1.165) is 43.5 Å². The van der Waals surface area contributed by atoms with Crippen LogP contribution in [0.5, 0.6) is 0 Å². The van der Waals surface area contributed by atoms with Crippen LogP contribution < -0.4 is 5.32 Å². The van der Waals surface area contributed by atoms with Crippen LogP contribution in [-0.4, -0.2) is 30.3 Å². The van der Waals surface area contributed by atoms with E-state index in [4.69, 9.17) is 14.3 Å². The van der Waals surface area contributed by atoms with E-state index in [9.17, 15) is 4.79 Å². The zero-order valence-electron chi connectivity index (χ0n) is 11.1. The summed E-state index contributed by atoms with van der Waals surface area (Å²) in [5.74, 6) is -1.06. The second-order valence-electron chi connectivity index (χ2n) is 5.08. The fourth-order valence-electron chi connectivity index (χ4n) is 2.47. The van der Waals surface area contributed by atoms with Gasteiger partial charge in [0.15, 0.2) is 0 Å². The van der Waals surface area contributed by atoms with E-state index in [-0.39, 0.29) is 5.76 Å². The Bertz CT molecular complexity index is 613. The van der Waals surface area contributed by atoms with E-state index in [2.05, 4.69) is 5.32 Å². The van der Waals surface area contributed by atoms with Crippen LogP contribution >= 0.6 is 0 Å². The highest BCUT2D eigenvalue weighted by molar-refractivity contribution is 5.91. The fourth-order valence-corrected chi connectivity index (χ4v) is 2.47. The van der Waals surface area contributed by atoms with Crippen molar-refractivity contribution in [2.45, 2.75) is 25.4 Å².